The summed E-state index contributed by atoms with van der Waals surface area (Å²) in [4.78, 5) is 2.36. The molecule has 0 amide bonds. The monoisotopic (exact) mass is 362 g/mol. The molecule has 0 aromatic heterocycles. The SMILES string of the molecule is CN(C)CC(C)(C)CNS(=O)(=O)c1ccc(CBr)cc1. The van der Waals surface area contributed by atoms with Crippen molar-refractivity contribution in [2.75, 3.05) is 27.2 Å². The van der Waals surface area contributed by atoms with Gasteiger partial charge in [-0.25, -0.2) is 13.1 Å². The van der Waals surface area contributed by atoms with Crippen LogP contribution in [-0.4, -0.2) is 40.5 Å². The Kier molecular flexibility index (Phi) is 6.19. The topological polar surface area (TPSA) is 49.4 Å². The van der Waals surface area contributed by atoms with Crippen LogP contribution in [0.1, 0.15) is 19.4 Å². The maximum Gasteiger partial charge on any atom is 0.240 e. The van der Waals surface area contributed by atoms with Gasteiger partial charge in [0, 0.05) is 18.4 Å². The van der Waals surface area contributed by atoms with Crippen molar-refractivity contribution in [3.8, 4) is 0 Å². The van der Waals surface area contributed by atoms with Crippen molar-refractivity contribution in [1.82, 2.24) is 9.62 Å². The fraction of sp³-hybridized carbons (Fsp3) is 0.571. The molecule has 0 saturated heterocycles. The molecule has 1 aromatic rings. The summed E-state index contributed by atoms with van der Waals surface area (Å²) in [6, 6.07) is 6.90. The predicted molar refractivity (Wildman–Crippen MR) is 86.6 cm³/mol. The number of hydrogen-bond acceptors (Lipinski definition) is 3. The second-order valence-corrected chi connectivity index (χ2v) is 8.33. The number of rotatable bonds is 7. The smallest absolute Gasteiger partial charge is 0.240 e. The standard InChI is InChI=1S/C14H23BrN2O2S/c1-14(2,11-17(3)4)10-16-20(18,19)13-7-5-12(9-15)6-8-13/h5-8,16H,9-11H2,1-4H3. The molecular formula is C14H23BrN2O2S. The molecule has 0 fully saturated rings. The zero-order valence-corrected chi connectivity index (χ0v) is 14.9. The first-order valence-corrected chi connectivity index (χ1v) is 9.06. The molecule has 1 aromatic carbocycles. The van der Waals surface area contributed by atoms with E-state index in [1.54, 1.807) is 12.1 Å². The van der Waals surface area contributed by atoms with Crippen LogP contribution in [-0.2, 0) is 15.4 Å². The molecule has 0 radical (unpaired) electrons. The summed E-state index contributed by atoms with van der Waals surface area (Å²) in [6.45, 7) is 5.32. The lowest BCUT2D eigenvalue weighted by molar-refractivity contribution is 0.242. The molecule has 1 N–H and O–H groups in total. The molecule has 0 aliphatic heterocycles. The Labute approximate surface area is 130 Å². The van der Waals surface area contributed by atoms with Crippen molar-refractivity contribution in [1.29, 1.82) is 0 Å². The molecule has 4 nitrogen and oxygen atoms in total. The van der Waals surface area contributed by atoms with E-state index in [9.17, 15) is 8.42 Å². The Hall–Kier alpha value is -0.430. The van der Waals surface area contributed by atoms with Gasteiger partial charge in [-0.3, -0.25) is 0 Å². The van der Waals surface area contributed by atoms with Crippen LogP contribution in [0, 0.1) is 5.41 Å². The van der Waals surface area contributed by atoms with Crippen LogP contribution in [0.5, 0.6) is 0 Å². The minimum absolute atomic E-state index is 0.119. The lowest BCUT2D eigenvalue weighted by Crippen LogP contribution is -2.39. The summed E-state index contributed by atoms with van der Waals surface area (Å²) in [5.41, 5.74) is 0.934. The van der Waals surface area contributed by atoms with Crippen LogP contribution in [0.2, 0.25) is 0 Å². The highest BCUT2D eigenvalue weighted by Crippen LogP contribution is 2.17. The van der Waals surface area contributed by atoms with Crippen molar-refractivity contribution in [3.05, 3.63) is 29.8 Å². The lowest BCUT2D eigenvalue weighted by atomic mass is 9.93. The van der Waals surface area contributed by atoms with E-state index in [1.165, 1.54) is 0 Å². The van der Waals surface area contributed by atoms with Gasteiger partial charge in [-0.1, -0.05) is 41.9 Å². The molecule has 0 bridgehead atoms. The highest BCUT2D eigenvalue weighted by molar-refractivity contribution is 9.08. The summed E-state index contributed by atoms with van der Waals surface area (Å²) in [6.07, 6.45) is 0. The lowest BCUT2D eigenvalue weighted by Gasteiger charge is -2.28. The van der Waals surface area contributed by atoms with E-state index in [1.807, 2.05) is 40.1 Å². The van der Waals surface area contributed by atoms with Gasteiger partial charge in [-0.05, 0) is 37.2 Å². The number of hydrogen-bond donors (Lipinski definition) is 1. The first-order chi connectivity index (χ1) is 9.16. The second-order valence-electron chi connectivity index (χ2n) is 6.00. The maximum absolute atomic E-state index is 12.2. The van der Waals surface area contributed by atoms with Gasteiger partial charge in [0.2, 0.25) is 10.0 Å². The van der Waals surface area contributed by atoms with Gasteiger partial charge >= 0.3 is 0 Å². The first-order valence-electron chi connectivity index (χ1n) is 6.46. The van der Waals surface area contributed by atoms with Crippen LogP contribution in [0.25, 0.3) is 0 Å². The van der Waals surface area contributed by atoms with E-state index >= 15 is 0 Å². The quantitative estimate of drug-likeness (QED) is 0.757. The van der Waals surface area contributed by atoms with Crippen LogP contribution < -0.4 is 4.72 Å². The van der Waals surface area contributed by atoms with Gasteiger partial charge in [0.05, 0.1) is 4.90 Å². The molecule has 1 rings (SSSR count). The fourth-order valence-electron chi connectivity index (χ4n) is 2.04. The zero-order chi connectivity index (χ0) is 15.4. The number of nitrogens with zero attached hydrogens (tertiary/aromatic N) is 1. The normalized spacial score (nSPS) is 12.9. The van der Waals surface area contributed by atoms with Gasteiger partial charge in [-0.2, -0.15) is 0 Å². The molecule has 0 aliphatic carbocycles. The third-order valence-electron chi connectivity index (χ3n) is 2.87. The predicted octanol–water partition coefficient (Wildman–Crippen LogP) is 2.45. The Morgan fingerprint density at radius 1 is 1.20 bits per heavy atom. The third kappa shape index (κ3) is 5.52. The first kappa shape index (κ1) is 17.6. The molecule has 20 heavy (non-hydrogen) atoms. The molecule has 0 heterocycles. The molecule has 6 heteroatoms. The van der Waals surface area contributed by atoms with Gasteiger partial charge in [-0.15, -0.1) is 0 Å². The van der Waals surface area contributed by atoms with Crippen molar-refractivity contribution in [3.63, 3.8) is 0 Å². The van der Waals surface area contributed by atoms with Crippen molar-refractivity contribution in [2.24, 2.45) is 5.41 Å². The van der Waals surface area contributed by atoms with Crippen LogP contribution in [0.3, 0.4) is 0 Å². The molecule has 0 spiro atoms. The van der Waals surface area contributed by atoms with E-state index in [0.29, 0.717) is 11.4 Å². The molecule has 114 valence electrons. The Morgan fingerprint density at radius 2 is 1.75 bits per heavy atom. The third-order valence-corrected chi connectivity index (χ3v) is 4.94. The number of benzene rings is 1. The Morgan fingerprint density at radius 3 is 2.20 bits per heavy atom. The molecule has 0 saturated carbocycles. The minimum Gasteiger partial charge on any atom is -0.309 e. The van der Waals surface area contributed by atoms with E-state index in [-0.39, 0.29) is 5.41 Å². The molecule has 0 unspecified atom stereocenters. The second kappa shape index (κ2) is 7.02. The van der Waals surface area contributed by atoms with Crippen LogP contribution >= 0.6 is 15.9 Å². The average molecular weight is 363 g/mol. The fourth-order valence-corrected chi connectivity index (χ4v) is 3.66. The highest BCUT2D eigenvalue weighted by Gasteiger charge is 2.23. The average Bonchev–Trinajstić information content (AvgIpc) is 2.35. The van der Waals surface area contributed by atoms with Gasteiger partial charge < -0.3 is 4.90 Å². The van der Waals surface area contributed by atoms with E-state index in [2.05, 4.69) is 25.6 Å². The maximum atomic E-state index is 12.2. The molecule has 0 atom stereocenters. The van der Waals surface area contributed by atoms with Gasteiger partial charge in [0.1, 0.15) is 0 Å². The number of alkyl halides is 1. The summed E-state index contributed by atoms with van der Waals surface area (Å²) in [7, 11) is 0.525. The number of nitrogens with one attached hydrogen (secondary N) is 1. The van der Waals surface area contributed by atoms with Crippen LogP contribution in [0.15, 0.2) is 29.2 Å². The molecule has 0 aliphatic rings. The van der Waals surface area contributed by atoms with E-state index in [4.69, 9.17) is 0 Å². The summed E-state index contributed by atoms with van der Waals surface area (Å²) >= 11 is 3.34. The molecular weight excluding hydrogens is 340 g/mol. The van der Waals surface area contributed by atoms with Crippen molar-refractivity contribution < 1.29 is 8.42 Å². The zero-order valence-electron chi connectivity index (χ0n) is 12.5. The van der Waals surface area contributed by atoms with Crippen molar-refractivity contribution >= 4 is 26.0 Å². The Balaban J connectivity index is 2.74. The number of halogens is 1. The van der Waals surface area contributed by atoms with Gasteiger partial charge in [0.15, 0.2) is 0 Å². The van der Waals surface area contributed by atoms with Gasteiger partial charge in [0.25, 0.3) is 0 Å². The van der Waals surface area contributed by atoms with Crippen LogP contribution in [0.4, 0.5) is 0 Å². The van der Waals surface area contributed by atoms with E-state index < -0.39 is 10.0 Å². The summed E-state index contributed by atoms with van der Waals surface area (Å²) in [5, 5.41) is 0.719. The Bertz CT molecular complexity index is 525. The summed E-state index contributed by atoms with van der Waals surface area (Å²) < 4.78 is 27.1. The largest absolute Gasteiger partial charge is 0.309 e. The van der Waals surface area contributed by atoms with Crippen molar-refractivity contribution in [2.45, 2.75) is 24.1 Å². The minimum atomic E-state index is -3.44. The number of sulfonamides is 1. The van der Waals surface area contributed by atoms with E-state index in [0.717, 1.165) is 17.4 Å². The highest BCUT2D eigenvalue weighted by atomic mass is 79.9. The summed E-state index contributed by atoms with van der Waals surface area (Å²) in [5.74, 6) is 0.